The maximum Gasteiger partial charge on any atom is 0.241 e. The van der Waals surface area contributed by atoms with Crippen LogP contribution in [0, 0.1) is 13.8 Å². The first-order valence-electron chi connectivity index (χ1n) is 9.79. The van der Waals surface area contributed by atoms with Crippen LogP contribution in [0.1, 0.15) is 29.0 Å². The number of aromatic nitrogens is 1. The van der Waals surface area contributed by atoms with Gasteiger partial charge in [-0.25, -0.2) is 18.1 Å². The van der Waals surface area contributed by atoms with Crippen LogP contribution in [0.2, 0.25) is 0 Å². The molecule has 154 valence electrons. The third-order valence-electron chi connectivity index (χ3n) is 5.09. The number of thiophene rings is 1. The third-order valence-corrected chi connectivity index (χ3v) is 8.99. The van der Waals surface area contributed by atoms with E-state index in [4.69, 9.17) is 0 Å². The third kappa shape index (κ3) is 4.55. The Kier molecular flexibility index (Phi) is 6.06. The molecule has 4 rings (SSSR count). The number of fused-ring (bicyclic) bond motifs is 1. The van der Waals surface area contributed by atoms with Crippen molar-refractivity contribution >= 4 is 38.4 Å². The Hall–Kier alpha value is -1.74. The predicted octanol–water partition coefficient (Wildman–Crippen LogP) is 4.61. The van der Waals surface area contributed by atoms with Crippen molar-refractivity contribution in [1.82, 2.24) is 9.71 Å². The van der Waals surface area contributed by atoms with Gasteiger partial charge >= 0.3 is 0 Å². The highest BCUT2D eigenvalue weighted by Gasteiger charge is 2.21. The number of thiazole rings is 1. The Balaban J connectivity index is 1.37. The fraction of sp³-hybridized carbons (Fsp3) is 0.381. The molecular formula is C21H25N3O2S3. The number of benzene rings is 1. The lowest BCUT2D eigenvalue weighted by Crippen LogP contribution is -2.33. The van der Waals surface area contributed by atoms with Gasteiger partial charge in [0.25, 0.3) is 0 Å². The summed E-state index contributed by atoms with van der Waals surface area (Å²) in [5.74, 6) is 0. The van der Waals surface area contributed by atoms with Crippen LogP contribution in [0.3, 0.4) is 0 Å². The largest absolute Gasteiger partial charge is 0.371 e. The number of para-hydroxylation sites is 1. The van der Waals surface area contributed by atoms with Gasteiger partial charge in [0.15, 0.2) is 0 Å². The lowest BCUT2D eigenvalue weighted by atomic mass is 10.0. The molecule has 3 aromatic rings. The zero-order valence-corrected chi connectivity index (χ0v) is 19.1. The minimum atomic E-state index is -3.52. The van der Waals surface area contributed by atoms with E-state index in [-0.39, 0.29) is 0 Å². The second kappa shape index (κ2) is 8.55. The molecule has 8 heteroatoms. The van der Waals surface area contributed by atoms with Gasteiger partial charge in [-0.3, -0.25) is 0 Å². The van der Waals surface area contributed by atoms with Crippen molar-refractivity contribution in [3.63, 3.8) is 0 Å². The summed E-state index contributed by atoms with van der Waals surface area (Å²) in [6.45, 7) is 6.12. The second-order valence-electron chi connectivity index (χ2n) is 7.30. The zero-order valence-electron chi connectivity index (χ0n) is 16.6. The van der Waals surface area contributed by atoms with Gasteiger partial charge in [0.1, 0.15) is 5.01 Å². The number of nitrogens with zero attached hydrogens (tertiary/aromatic N) is 2. The number of hydrogen-bond acceptors (Lipinski definition) is 6. The highest BCUT2D eigenvalue weighted by Crippen LogP contribution is 2.35. The Morgan fingerprint density at radius 3 is 2.86 bits per heavy atom. The van der Waals surface area contributed by atoms with Crippen molar-refractivity contribution in [1.29, 1.82) is 0 Å². The molecule has 0 amide bonds. The van der Waals surface area contributed by atoms with Crippen LogP contribution < -0.4 is 9.62 Å². The molecule has 0 saturated carbocycles. The molecule has 0 atom stereocenters. The van der Waals surface area contributed by atoms with Gasteiger partial charge < -0.3 is 4.90 Å². The van der Waals surface area contributed by atoms with E-state index < -0.39 is 10.0 Å². The molecule has 0 aliphatic carbocycles. The number of aryl methyl sites for hydroxylation is 3. The minimum absolute atomic E-state index is 0.369. The van der Waals surface area contributed by atoms with Crippen molar-refractivity contribution in [3.05, 3.63) is 51.8 Å². The highest BCUT2D eigenvalue weighted by molar-refractivity contribution is 7.89. The normalized spacial score (nSPS) is 14.2. The van der Waals surface area contributed by atoms with E-state index in [0.717, 1.165) is 52.8 Å². The van der Waals surface area contributed by atoms with E-state index in [1.165, 1.54) is 22.6 Å². The van der Waals surface area contributed by atoms with Crippen LogP contribution in [0.25, 0.3) is 9.88 Å². The minimum Gasteiger partial charge on any atom is -0.371 e. The molecule has 1 aliphatic heterocycles. The molecule has 5 nitrogen and oxygen atoms in total. The molecule has 0 unspecified atom stereocenters. The van der Waals surface area contributed by atoms with Gasteiger partial charge in [-0.1, -0.05) is 18.2 Å². The summed E-state index contributed by atoms with van der Waals surface area (Å²) in [6.07, 6.45) is 3.04. The lowest BCUT2D eigenvalue weighted by Gasteiger charge is -2.31. The molecule has 3 heterocycles. The van der Waals surface area contributed by atoms with Crippen molar-refractivity contribution in [2.75, 3.05) is 24.5 Å². The van der Waals surface area contributed by atoms with Gasteiger partial charge in [-0.15, -0.1) is 22.7 Å². The van der Waals surface area contributed by atoms with Gasteiger partial charge in [0, 0.05) is 41.3 Å². The maximum atomic E-state index is 12.8. The molecule has 0 bridgehead atoms. The number of anilines is 1. The molecule has 2 aromatic heterocycles. The van der Waals surface area contributed by atoms with Gasteiger partial charge in [-0.05, 0) is 50.8 Å². The molecular weight excluding hydrogens is 422 g/mol. The quantitative estimate of drug-likeness (QED) is 0.537. The maximum absolute atomic E-state index is 12.8. The molecule has 0 radical (unpaired) electrons. The van der Waals surface area contributed by atoms with Crippen LogP contribution in [0.4, 0.5) is 5.69 Å². The van der Waals surface area contributed by atoms with E-state index in [0.29, 0.717) is 11.4 Å². The fourth-order valence-corrected chi connectivity index (χ4v) is 7.23. The topological polar surface area (TPSA) is 62.3 Å². The Bertz CT molecular complexity index is 1100. The van der Waals surface area contributed by atoms with Crippen molar-refractivity contribution in [3.8, 4) is 9.88 Å². The van der Waals surface area contributed by atoms with Gasteiger partial charge in [0.2, 0.25) is 10.0 Å². The smallest absolute Gasteiger partial charge is 0.241 e. The summed E-state index contributed by atoms with van der Waals surface area (Å²) >= 11 is 3.03. The molecule has 1 aromatic carbocycles. The van der Waals surface area contributed by atoms with E-state index >= 15 is 0 Å². The standard InChI is InChI=1S/C21H25N3O2S3/c1-15-14-27-21(23-15)19-13-20(16(2)28-19)29(25,26)22-10-6-12-24-11-5-8-17-7-3-4-9-18(17)24/h3-4,7,9,13-14,22H,5-6,8,10-12H2,1-2H3. The molecule has 29 heavy (non-hydrogen) atoms. The van der Waals surface area contributed by atoms with Gasteiger partial charge in [0.05, 0.1) is 9.77 Å². The average Bonchev–Trinajstić information content (AvgIpc) is 3.31. The first-order chi connectivity index (χ1) is 13.9. The Morgan fingerprint density at radius 1 is 1.24 bits per heavy atom. The summed E-state index contributed by atoms with van der Waals surface area (Å²) in [5, 5.41) is 2.86. The van der Waals surface area contributed by atoms with E-state index in [1.54, 1.807) is 17.4 Å². The van der Waals surface area contributed by atoms with E-state index in [1.807, 2.05) is 19.2 Å². The number of hydrogen-bond donors (Lipinski definition) is 1. The monoisotopic (exact) mass is 447 g/mol. The summed E-state index contributed by atoms with van der Waals surface area (Å²) < 4.78 is 28.4. The summed E-state index contributed by atoms with van der Waals surface area (Å²) in [7, 11) is -3.52. The first-order valence-corrected chi connectivity index (χ1v) is 13.0. The summed E-state index contributed by atoms with van der Waals surface area (Å²) in [6, 6.07) is 10.3. The SMILES string of the molecule is Cc1csc(-c2cc(S(=O)(=O)NCCCN3CCCc4ccccc43)c(C)s2)n1. The molecule has 0 fully saturated rings. The molecule has 0 spiro atoms. The van der Waals surface area contributed by atoms with Crippen LogP contribution in [-0.2, 0) is 16.4 Å². The van der Waals surface area contributed by atoms with Crippen LogP contribution in [-0.4, -0.2) is 33.0 Å². The zero-order chi connectivity index (χ0) is 20.4. The molecule has 1 aliphatic rings. The van der Waals surface area contributed by atoms with Crippen LogP contribution in [0.15, 0.2) is 40.6 Å². The van der Waals surface area contributed by atoms with E-state index in [9.17, 15) is 8.42 Å². The van der Waals surface area contributed by atoms with Crippen LogP contribution >= 0.6 is 22.7 Å². The van der Waals surface area contributed by atoms with Crippen molar-refractivity contribution in [2.45, 2.75) is 38.0 Å². The van der Waals surface area contributed by atoms with E-state index in [2.05, 4.69) is 38.9 Å². The average molecular weight is 448 g/mol. The lowest BCUT2D eigenvalue weighted by molar-refractivity contribution is 0.576. The Morgan fingerprint density at radius 2 is 2.07 bits per heavy atom. The molecule has 0 saturated heterocycles. The number of sulfonamides is 1. The predicted molar refractivity (Wildman–Crippen MR) is 122 cm³/mol. The Labute approximate surface area is 180 Å². The van der Waals surface area contributed by atoms with Crippen molar-refractivity contribution in [2.24, 2.45) is 0 Å². The second-order valence-corrected chi connectivity index (χ2v) is 11.1. The first kappa shape index (κ1) is 20.5. The fourth-order valence-electron chi connectivity index (χ4n) is 3.70. The van der Waals surface area contributed by atoms with Crippen LogP contribution in [0.5, 0.6) is 0 Å². The summed E-state index contributed by atoms with van der Waals surface area (Å²) in [4.78, 5) is 8.91. The molecule has 1 N–H and O–H groups in total. The highest BCUT2D eigenvalue weighted by atomic mass is 32.2. The van der Waals surface area contributed by atoms with Gasteiger partial charge in [-0.2, -0.15) is 0 Å². The number of rotatable bonds is 7. The number of nitrogens with one attached hydrogen (secondary N) is 1. The summed E-state index contributed by atoms with van der Waals surface area (Å²) in [5.41, 5.74) is 3.63. The van der Waals surface area contributed by atoms with Crippen molar-refractivity contribution < 1.29 is 8.42 Å².